The molecule has 2 aromatic rings. The molecule has 1 aliphatic rings. The van der Waals surface area contributed by atoms with Crippen molar-refractivity contribution in [2.24, 2.45) is 0 Å². The molecule has 0 spiro atoms. The second-order valence-electron chi connectivity index (χ2n) is 4.53. The monoisotopic (exact) mass is 266 g/mol. The third-order valence-corrected chi connectivity index (χ3v) is 3.29. The van der Waals surface area contributed by atoms with Gasteiger partial charge in [-0.25, -0.2) is 0 Å². The Bertz CT molecular complexity index is 664. The minimum Gasteiger partial charge on any atom is -0.394 e. The number of aliphatic hydroxyl groups excluding tert-OH is 2. The molecule has 1 aliphatic heterocycles. The van der Waals surface area contributed by atoms with E-state index in [1.54, 1.807) is 16.8 Å². The van der Waals surface area contributed by atoms with Crippen molar-refractivity contribution in [1.82, 2.24) is 14.5 Å². The zero-order chi connectivity index (χ0) is 13.6. The summed E-state index contributed by atoms with van der Waals surface area (Å²) in [7, 11) is 0. The molecule has 0 aromatic carbocycles. The summed E-state index contributed by atoms with van der Waals surface area (Å²) in [4.78, 5) is 18.2. The van der Waals surface area contributed by atoms with Crippen LogP contribution in [0.3, 0.4) is 0 Å². The highest BCUT2D eigenvalue weighted by molar-refractivity contribution is 5.76. The molecule has 3 atom stereocenters. The summed E-state index contributed by atoms with van der Waals surface area (Å²) in [5.41, 5.74) is 5.60. The summed E-state index contributed by atoms with van der Waals surface area (Å²) in [5.74, 6) is 0.0229. The molecule has 0 bridgehead atoms. The summed E-state index contributed by atoms with van der Waals surface area (Å²) >= 11 is 0. The molecule has 5 N–H and O–H groups in total. The maximum atomic E-state index is 11.7. The van der Waals surface area contributed by atoms with E-state index < -0.39 is 18.4 Å². The number of H-pyrrole nitrogens is 1. The van der Waals surface area contributed by atoms with Gasteiger partial charge in [0.1, 0.15) is 12.3 Å². The molecular weight excluding hydrogens is 252 g/mol. The average molecular weight is 266 g/mol. The lowest BCUT2D eigenvalue weighted by molar-refractivity contribution is -0.0430. The van der Waals surface area contributed by atoms with Crippen LogP contribution in [0.15, 0.2) is 17.1 Å². The SMILES string of the molecule is Nc1nc2c(ccn2[C@@H]2C[C@@H](O)[C@@H](CO)O2)c(=O)[nH]1. The lowest BCUT2D eigenvalue weighted by Gasteiger charge is -2.14. The second-order valence-corrected chi connectivity index (χ2v) is 4.53. The van der Waals surface area contributed by atoms with Crippen LogP contribution in [0.4, 0.5) is 5.95 Å². The number of aromatic nitrogens is 3. The second kappa shape index (κ2) is 4.34. The van der Waals surface area contributed by atoms with E-state index in [0.29, 0.717) is 17.5 Å². The number of hydrogen-bond donors (Lipinski definition) is 4. The van der Waals surface area contributed by atoms with Gasteiger partial charge in [-0.05, 0) is 6.07 Å². The van der Waals surface area contributed by atoms with Gasteiger partial charge in [0.25, 0.3) is 5.56 Å². The van der Waals surface area contributed by atoms with Gasteiger partial charge in [-0.1, -0.05) is 0 Å². The highest BCUT2D eigenvalue weighted by Crippen LogP contribution is 2.30. The van der Waals surface area contributed by atoms with E-state index in [1.165, 1.54) is 0 Å². The molecule has 8 heteroatoms. The minimum atomic E-state index is -0.744. The van der Waals surface area contributed by atoms with Crippen LogP contribution < -0.4 is 11.3 Å². The highest BCUT2D eigenvalue weighted by Gasteiger charge is 2.35. The zero-order valence-corrected chi connectivity index (χ0v) is 9.98. The first-order valence-electron chi connectivity index (χ1n) is 5.91. The molecule has 1 saturated heterocycles. The zero-order valence-electron chi connectivity index (χ0n) is 9.98. The number of nitrogens with zero attached hydrogens (tertiary/aromatic N) is 2. The van der Waals surface area contributed by atoms with Crippen LogP contribution >= 0.6 is 0 Å². The number of nitrogen functional groups attached to an aromatic ring is 1. The molecule has 8 nitrogen and oxygen atoms in total. The van der Waals surface area contributed by atoms with Crippen LogP contribution in [0.1, 0.15) is 12.6 Å². The Morgan fingerprint density at radius 1 is 1.63 bits per heavy atom. The first-order chi connectivity index (χ1) is 9.10. The Morgan fingerprint density at radius 2 is 2.42 bits per heavy atom. The van der Waals surface area contributed by atoms with E-state index >= 15 is 0 Å². The van der Waals surface area contributed by atoms with Crippen LogP contribution in [0.25, 0.3) is 11.0 Å². The van der Waals surface area contributed by atoms with E-state index in [9.17, 15) is 9.90 Å². The lowest BCUT2D eigenvalue weighted by Crippen LogP contribution is -2.24. The number of fused-ring (bicyclic) bond motifs is 1. The van der Waals surface area contributed by atoms with Gasteiger partial charge in [-0.2, -0.15) is 4.98 Å². The van der Waals surface area contributed by atoms with E-state index in [0.717, 1.165) is 0 Å². The predicted molar refractivity (Wildman–Crippen MR) is 66.4 cm³/mol. The number of nitrogens with one attached hydrogen (secondary N) is 1. The topological polar surface area (TPSA) is 126 Å². The molecule has 2 aromatic heterocycles. The fourth-order valence-corrected chi connectivity index (χ4v) is 2.34. The van der Waals surface area contributed by atoms with Crippen LogP contribution in [0.5, 0.6) is 0 Å². The fraction of sp³-hybridized carbons (Fsp3) is 0.455. The van der Waals surface area contributed by atoms with Crippen LogP contribution in [-0.2, 0) is 4.74 Å². The Morgan fingerprint density at radius 3 is 3.11 bits per heavy atom. The smallest absolute Gasteiger partial charge is 0.261 e. The largest absolute Gasteiger partial charge is 0.394 e. The molecule has 0 unspecified atom stereocenters. The van der Waals surface area contributed by atoms with E-state index in [4.69, 9.17) is 15.6 Å². The van der Waals surface area contributed by atoms with Crippen molar-refractivity contribution in [2.45, 2.75) is 24.9 Å². The van der Waals surface area contributed by atoms with Gasteiger partial charge in [0.15, 0.2) is 5.65 Å². The van der Waals surface area contributed by atoms with Crippen molar-refractivity contribution in [3.8, 4) is 0 Å². The standard InChI is InChI=1S/C11H14N4O4/c12-11-13-9-5(10(18)14-11)1-2-15(9)8-3-6(17)7(4-16)19-8/h1-2,6-8,16-17H,3-4H2,(H3,12,13,14,18)/t6-,7-,8+/m1/s1. The number of anilines is 1. The summed E-state index contributed by atoms with van der Waals surface area (Å²) in [5, 5.41) is 19.2. The molecule has 0 radical (unpaired) electrons. The van der Waals surface area contributed by atoms with Gasteiger partial charge in [-0.15, -0.1) is 0 Å². The van der Waals surface area contributed by atoms with Crippen molar-refractivity contribution < 1.29 is 14.9 Å². The van der Waals surface area contributed by atoms with Gasteiger partial charge in [0.05, 0.1) is 18.1 Å². The summed E-state index contributed by atoms with van der Waals surface area (Å²) in [6.07, 6.45) is 0.138. The predicted octanol–water partition coefficient (Wildman–Crippen LogP) is -1.05. The number of nitrogens with two attached hydrogens (primary N) is 1. The molecule has 102 valence electrons. The Labute approximate surface area is 107 Å². The first kappa shape index (κ1) is 12.2. The summed E-state index contributed by atoms with van der Waals surface area (Å²) < 4.78 is 7.16. The van der Waals surface area contributed by atoms with E-state index in [2.05, 4.69) is 9.97 Å². The maximum Gasteiger partial charge on any atom is 0.261 e. The third-order valence-electron chi connectivity index (χ3n) is 3.29. The highest BCUT2D eigenvalue weighted by atomic mass is 16.5. The lowest BCUT2D eigenvalue weighted by atomic mass is 10.2. The van der Waals surface area contributed by atoms with Gasteiger partial charge >= 0.3 is 0 Å². The summed E-state index contributed by atoms with van der Waals surface area (Å²) in [6.45, 7) is -0.257. The van der Waals surface area contributed by atoms with Gasteiger partial charge in [0.2, 0.25) is 5.95 Å². The summed E-state index contributed by atoms with van der Waals surface area (Å²) in [6, 6.07) is 1.61. The van der Waals surface area contributed by atoms with Crippen LogP contribution in [0, 0.1) is 0 Å². The first-order valence-corrected chi connectivity index (χ1v) is 5.91. The Balaban J connectivity index is 2.05. The molecule has 1 fully saturated rings. The number of hydrogen-bond acceptors (Lipinski definition) is 6. The fourth-order valence-electron chi connectivity index (χ4n) is 2.34. The van der Waals surface area contributed by atoms with Crippen molar-refractivity contribution in [3.63, 3.8) is 0 Å². The molecule has 0 aliphatic carbocycles. The van der Waals surface area contributed by atoms with Crippen LogP contribution in [0.2, 0.25) is 0 Å². The third kappa shape index (κ3) is 1.89. The van der Waals surface area contributed by atoms with Gasteiger partial charge in [-0.3, -0.25) is 9.78 Å². The molecule has 3 rings (SSSR count). The van der Waals surface area contributed by atoms with Crippen molar-refractivity contribution in [1.29, 1.82) is 0 Å². The van der Waals surface area contributed by atoms with E-state index in [1.807, 2.05) is 0 Å². The van der Waals surface area contributed by atoms with Gasteiger partial charge in [0, 0.05) is 12.6 Å². The van der Waals surface area contributed by atoms with Crippen molar-refractivity contribution in [2.75, 3.05) is 12.3 Å². The molecule has 3 heterocycles. The average Bonchev–Trinajstić information content (AvgIpc) is 2.92. The van der Waals surface area contributed by atoms with Crippen molar-refractivity contribution >= 4 is 17.0 Å². The number of rotatable bonds is 2. The molecule has 19 heavy (non-hydrogen) atoms. The number of aliphatic hydroxyl groups is 2. The Kier molecular flexibility index (Phi) is 2.77. The molecular formula is C11H14N4O4. The maximum absolute atomic E-state index is 11.7. The Hall–Kier alpha value is -1.90. The van der Waals surface area contributed by atoms with Crippen molar-refractivity contribution in [3.05, 3.63) is 22.6 Å². The quantitative estimate of drug-likeness (QED) is 0.549. The van der Waals surface area contributed by atoms with Crippen LogP contribution in [-0.4, -0.2) is 43.6 Å². The molecule has 0 saturated carbocycles. The molecule has 0 amide bonds. The van der Waals surface area contributed by atoms with E-state index in [-0.39, 0.29) is 18.1 Å². The number of ether oxygens (including phenoxy) is 1. The number of aromatic amines is 1. The normalized spacial score (nSPS) is 27.2. The minimum absolute atomic E-state index is 0.0229. The van der Waals surface area contributed by atoms with Gasteiger partial charge < -0.3 is 25.3 Å².